The third-order valence-electron chi connectivity index (χ3n) is 6.07. The van der Waals surface area contributed by atoms with Gasteiger partial charge in [-0.1, -0.05) is 18.2 Å². The van der Waals surface area contributed by atoms with Crippen LogP contribution in [0.1, 0.15) is 26.3 Å². The van der Waals surface area contributed by atoms with Crippen molar-refractivity contribution >= 4 is 28.9 Å². The van der Waals surface area contributed by atoms with Gasteiger partial charge in [0.1, 0.15) is 0 Å². The van der Waals surface area contributed by atoms with Gasteiger partial charge >= 0.3 is 5.69 Å². The van der Waals surface area contributed by atoms with Gasteiger partial charge in [-0.15, -0.1) is 0 Å². The topological polar surface area (TPSA) is 105 Å². The number of amides is 2. The number of nitro groups is 1. The Labute approximate surface area is 203 Å². The van der Waals surface area contributed by atoms with Crippen molar-refractivity contribution in [3.63, 3.8) is 0 Å². The lowest BCUT2D eigenvalue weighted by Gasteiger charge is -2.36. The predicted molar refractivity (Wildman–Crippen MR) is 133 cm³/mol. The number of methoxy groups -OCH3 is 1. The van der Waals surface area contributed by atoms with Crippen molar-refractivity contribution in [3.8, 4) is 5.75 Å². The minimum atomic E-state index is -0.585. The Kier molecular flexibility index (Phi) is 6.96. The number of benzene rings is 3. The van der Waals surface area contributed by atoms with Crippen LogP contribution in [0.4, 0.5) is 17.1 Å². The number of hydrogen-bond acceptors (Lipinski definition) is 6. The highest BCUT2D eigenvalue weighted by atomic mass is 16.6. The maximum Gasteiger partial charge on any atom is 0.311 e. The molecule has 0 spiro atoms. The molecule has 9 heteroatoms. The summed E-state index contributed by atoms with van der Waals surface area (Å²) in [6, 6.07) is 19.1. The Balaban J connectivity index is 1.36. The molecule has 1 aliphatic heterocycles. The lowest BCUT2D eigenvalue weighted by atomic mass is 10.1. The first kappa shape index (κ1) is 23.7. The van der Waals surface area contributed by atoms with E-state index in [4.69, 9.17) is 4.74 Å². The molecule has 3 aromatic carbocycles. The summed E-state index contributed by atoms with van der Waals surface area (Å²) >= 11 is 0. The highest BCUT2D eigenvalue weighted by Crippen LogP contribution is 2.28. The number of piperazine rings is 1. The molecular weight excluding hydrogens is 448 g/mol. The summed E-state index contributed by atoms with van der Waals surface area (Å²) in [6.45, 7) is 4.61. The van der Waals surface area contributed by atoms with Crippen LogP contribution in [0.3, 0.4) is 0 Å². The van der Waals surface area contributed by atoms with Gasteiger partial charge in [0.25, 0.3) is 11.8 Å². The zero-order valence-corrected chi connectivity index (χ0v) is 19.6. The van der Waals surface area contributed by atoms with Crippen molar-refractivity contribution in [2.45, 2.75) is 6.92 Å². The zero-order chi connectivity index (χ0) is 24.9. The monoisotopic (exact) mass is 474 g/mol. The first-order valence-corrected chi connectivity index (χ1v) is 11.2. The van der Waals surface area contributed by atoms with Crippen molar-refractivity contribution in [1.82, 2.24) is 4.90 Å². The van der Waals surface area contributed by atoms with Crippen LogP contribution in [0, 0.1) is 17.0 Å². The fraction of sp³-hybridized carbons (Fsp3) is 0.231. The SMILES string of the molecule is COc1ccc(C(=O)Nc2ccc(N3CCN(C(=O)c4ccccc4C)CC3)cc2)cc1[N+](=O)[O-]. The molecule has 0 bridgehead atoms. The number of anilines is 2. The summed E-state index contributed by atoms with van der Waals surface area (Å²) in [6.07, 6.45) is 0. The maximum atomic E-state index is 12.8. The summed E-state index contributed by atoms with van der Waals surface area (Å²) < 4.78 is 4.98. The number of aryl methyl sites for hydroxylation is 1. The van der Waals surface area contributed by atoms with E-state index in [9.17, 15) is 19.7 Å². The quantitative estimate of drug-likeness (QED) is 0.426. The Morgan fingerprint density at radius 2 is 1.66 bits per heavy atom. The molecule has 1 N–H and O–H groups in total. The zero-order valence-electron chi connectivity index (χ0n) is 19.6. The first-order chi connectivity index (χ1) is 16.9. The number of carbonyl (C=O) groups excluding carboxylic acids is 2. The molecule has 0 saturated carbocycles. The number of carbonyl (C=O) groups is 2. The van der Waals surface area contributed by atoms with Crippen LogP contribution in [0.15, 0.2) is 66.7 Å². The Hall–Kier alpha value is -4.40. The number of nitro benzene ring substituents is 1. The molecule has 0 aliphatic carbocycles. The lowest BCUT2D eigenvalue weighted by Crippen LogP contribution is -2.48. The van der Waals surface area contributed by atoms with Gasteiger partial charge in [0.2, 0.25) is 0 Å². The second kappa shape index (κ2) is 10.3. The van der Waals surface area contributed by atoms with E-state index in [1.165, 1.54) is 25.3 Å². The van der Waals surface area contributed by atoms with Crippen LogP contribution < -0.4 is 15.0 Å². The van der Waals surface area contributed by atoms with E-state index >= 15 is 0 Å². The molecule has 4 rings (SSSR count). The van der Waals surface area contributed by atoms with E-state index < -0.39 is 10.8 Å². The average Bonchev–Trinajstić information content (AvgIpc) is 2.88. The highest BCUT2D eigenvalue weighted by molar-refractivity contribution is 6.05. The highest BCUT2D eigenvalue weighted by Gasteiger charge is 2.23. The molecule has 1 aliphatic rings. The average molecular weight is 475 g/mol. The number of ether oxygens (including phenoxy) is 1. The summed E-state index contributed by atoms with van der Waals surface area (Å²) in [5.41, 5.74) is 3.17. The van der Waals surface area contributed by atoms with E-state index in [2.05, 4.69) is 10.2 Å². The van der Waals surface area contributed by atoms with Gasteiger partial charge < -0.3 is 19.9 Å². The van der Waals surface area contributed by atoms with Crippen LogP contribution in [0.2, 0.25) is 0 Å². The molecule has 0 aromatic heterocycles. The molecular formula is C26H26N4O5. The molecule has 180 valence electrons. The molecule has 0 atom stereocenters. The van der Waals surface area contributed by atoms with Crippen LogP contribution in [-0.2, 0) is 0 Å². The Morgan fingerprint density at radius 3 is 2.29 bits per heavy atom. The van der Waals surface area contributed by atoms with Gasteiger partial charge in [0, 0.05) is 54.7 Å². The molecule has 1 heterocycles. The van der Waals surface area contributed by atoms with Gasteiger partial charge in [-0.05, 0) is 55.0 Å². The molecule has 2 amide bonds. The fourth-order valence-corrected chi connectivity index (χ4v) is 4.08. The summed E-state index contributed by atoms with van der Waals surface area (Å²) in [5.74, 6) is -0.303. The Bertz CT molecular complexity index is 1250. The number of nitrogens with one attached hydrogen (secondary N) is 1. The minimum Gasteiger partial charge on any atom is -0.490 e. The van der Waals surface area contributed by atoms with E-state index in [0.717, 1.165) is 16.8 Å². The molecule has 9 nitrogen and oxygen atoms in total. The molecule has 1 saturated heterocycles. The molecule has 3 aromatic rings. The lowest BCUT2D eigenvalue weighted by molar-refractivity contribution is -0.385. The smallest absolute Gasteiger partial charge is 0.311 e. The number of rotatable bonds is 6. The van der Waals surface area contributed by atoms with Crippen LogP contribution in [0.5, 0.6) is 5.75 Å². The fourth-order valence-electron chi connectivity index (χ4n) is 4.08. The van der Waals surface area contributed by atoms with Crippen LogP contribution >= 0.6 is 0 Å². The van der Waals surface area contributed by atoms with Gasteiger partial charge in [0.15, 0.2) is 5.75 Å². The minimum absolute atomic E-state index is 0.0552. The van der Waals surface area contributed by atoms with Gasteiger partial charge in [-0.2, -0.15) is 0 Å². The second-order valence-electron chi connectivity index (χ2n) is 8.24. The third-order valence-corrected chi connectivity index (χ3v) is 6.07. The van der Waals surface area contributed by atoms with E-state index in [0.29, 0.717) is 31.9 Å². The van der Waals surface area contributed by atoms with E-state index in [1.54, 1.807) is 12.1 Å². The van der Waals surface area contributed by atoms with Crippen molar-refractivity contribution in [2.75, 3.05) is 43.5 Å². The first-order valence-electron chi connectivity index (χ1n) is 11.2. The van der Waals surface area contributed by atoms with Crippen molar-refractivity contribution in [3.05, 3.63) is 93.5 Å². The maximum absolute atomic E-state index is 12.8. The number of hydrogen-bond donors (Lipinski definition) is 1. The van der Waals surface area contributed by atoms with Crippen molar-refractivity contribution in [1.29, 1.82) is 0 Å². The van der Waals surface area contributed by atoms with Crippen molar-refractivity contribution < 1.29 is 19.2 Å². The molecule has 0 unspecified atom stereocenters. The standard InChI is InChI=1S/C26H26N4O5/c1-18-5-3-4-6-22(18)26(32)29-15-13-28(14-16-29)21-10-8-20(9-11-21)27-25(31)19-7-12-24(35-2)23(17-19)30(33)34/h3-12,17H,13-16H2,1-2H3,(H,27,31). The summed E-state index contributed by atoms with van der Waals surface area (Å²) in [7, 11) is 1.34. The molecule has 1 fully saturated rings. The Morgan fingerprint density at radius 1 is 0.971 bits per heavy atom. The second-order valence-corrected chi connectivity index (χ2v) is 8.24. The van der Waals surface area contributed by atoms with E-state index in [1.807, 2.05) is 48.2 Å². The van der Waals surface area contributed by atoms with Gasteiger partial charge in [-0.25, -0.2) is 0 Å². The normalized spacial score (nSPS) is 13.3. The van der Waals surface area contributed by atoms with Crippen molar-refractivity contribution in [2.24, 2.45) is 0 Å². The summed E-state index contributed by atoms with van der Waals surface area (Å²) in [4.78, 5) is 40.1. The largest absolute Gasteiger partial charge is 0.490 e. The van der Waals surface area contributed by atoms with Gasteiger partial charge in [0.05, 0.1) is 12.0 Å². The van der Waals surface area contributed by atoms with Crippen LogP contribution in [0.25, 0.3) is 0 Å². The predicted octanol–water partition coefficient (Wildman–Crippen LogP) is 4.13. The molecule has 0 radical (unpaired) electrons. The van der Waals surface area contributed by atoms with E-state index in [-0.39, 0.29) is 22.9 Å². The number of nitrogens with zero attached hydrogens (tertiary/aromatic N) is 3. The van der Waals surface area contributed by atoms with Gasteiger partial charge in [-0.3, -0.25) is 19.7 Å². The van der Waals surface area contributed by atoms with Crippen LogP contribution in [-0.4, -0.2) is 54.9 Å². The third kappa shape index (κ3) is 5.24. The summed E-state index contributed by atoms with van der Waals surface area (Å²) in [5, 5.41) is 14.0. The molecule has 35 heavy (non-hydrogen) atoms.